The van der Waals surface area contributed by atoms with Crippen LogP contribution in [0.1, 0.15) is 13.8 Å². The Morgan fingerprint density at radius 1 is 1.23 bits per heavy atom. The van der Waals surface area contributed by atoms with Crippen LogP contribution in [0.25, 0.3) is 0 Å². The second-order valence-electron chi connectivity index (χ2n) is 4.37. The average molecular weight is 310 g/mol. The van der Waals surface area contributed by atoms with Gasteiger partial charge in [-0.05, 0) is 38.1 Å². The van der Waals surface area contributed by atoms with E-state index in [0.29, 0.717) is 38.0 Å². The van der Waals surface area contributed by atoms with E-state index in [2.05, 4.69) is 20.9 Å². The van der Waals surface area contributed by atoms with Crippen molar-refractivity contribution in [2.75, 3.05) is 38.2 Å². The molecule has 0 heterocycles. The summed E-state index contributed by atoms with van der Waals surface area (Å²) in [5, 5.41) is 8.76. The molecule has 1 aromatic carbocycles. The summed E-state index contributed by atoms with van der Waals surface area (Å²) in [5.74, 6) is -0.0611. The number of halogens is 1. The fourth-order valence-corrected chi connectivity index (χ4v) is 1.61. The van der Waals surface area contributed by atoms with E-state index in [4.69, 9.17) is 4.74 Å². The van der Waals surface area contributed by atoms with E-state index in [1.165, 1.54) is 24.3 Å². The Morgan fingerprint density at radius 2 is 1.95 bits per heavy atom. The number of carbonyl (C=O) groups is 1. The fraction of sp³-hybridized carbons (Fsp3) is 0.467. The first-order chi connectivity index (χ1) is 10.7. The van der Waals surface area contributed by atoms with E-state index in [1.54, 1.807) is 0 Å². The number of carbonyl (C=O) groups excluding carboxylic acids is 1. The largest absolute Gasteiger partial charge is 0.380 e. The molecule has 0 atom stereocenters. The maximum absolute atomic E-state index is 12.8. The van der Waals surface area contributed by atoms with Crippen LogP contribution < -0.4 is 16.0 Å². The number of aliphatic imine (C=N–C) groups is 1. The molecule has 3 N–H and O–H groups in total. The number of amides is 1. The molecule has 7 heteroatoms. The van der Waals surface area contributed by atoms with Crippen molar-refractivity contribution >= 4 is 17.6 Å². The van der Waals surface area contributed by atoms with Gasteiger partial charge >= 0.3 is 0 Å². The Labute approximate surface area is 130 Å². The molecular formula is C15H23FN4O2. The van der Waals surface area contributed by atoms with Crippen molar-refractivity contribution < 1.29 is 13.9 Å². The van der Waals surface area contributed by atoms with Gasteiger partial charge in [-0.1, -0.05) is 0 Å². The van der Waals surface area contributed by atoms with Crippen molar-refractivity contribution in [3.8, 4) is 0 Å². The summed E-state index contributed by atoms with van der Waals surface area (Å²) >= 11 is 0. The van der Waals surface area contributed by atoms with Crippen molar-refractivity contribution in [2.45, 2.75) is 13.8 Å². The molecule has 122 valence electrons. The lowest BCUT2D eigenvalue weighted by Gasteiger charge is -2.11. The summed E-state index contributed by atoms with van der Waals surface area (Å²) in [6.07, 6.45) is 0. The highest BCUT2D eigenvalue weighted by Gasteiger charge is 2.03. The maximum atomic E-state index is 12.8. The third kappa shape index (κ3) is 7.58. The molecule has 0 radical (unpaired) electrons. The van der Waals surface area contributed by atoms with Gasteiger partial charge in [0.05, 0.1) is 6.61 Å². The van der Waals surface area contributed by atoms with Gasteiger partial charge in [0.25, 0.3) is 0 Å². The first-order valence-corrected chi connectivity index (χ1v) is 7.31. The molecule has 1 amide bonds. The number of hydrogen-bond acceptors (Lipinski definition) is 3. The molecule has 0 spiro atoms. The molecule has 0 aromatic heterocycles. The Morgan fingerprint density at radius 3 is 2.59 bits per heavy atom. The summed E-state index contributed by atoms with van der Waals surface area (Å²) in [4.78, 5) is 16.0. The number of hydrogen-bond donors (Lipinski definition) is 3. The number of benzene rings is 1. The molecule has 0 aliphatic carbocycles. The standard InChI is InChI=1S/C15H23FN4O2/c1-3-17-15(18-9-10-22-4-2)19-11-14(21)20-13-7-5-12(16)6-8-13/h5-8H,3-4,9-11H2,1-2H3,(H,20,21)(H2,17,18,19). The number of guanidine groups is 1. The first kappa shape index (κ1) is 17.9. The number of nitrogens with zero attached hydrogens (tertiary/aromatic N) is 1. The molecule has 0 bridgehead atoms. The maximum Gasteiger partial charge on any atom is 0.246 e. The highest BCUT2D eigenvalue weighted by Crippen LogP contribution is 2.07. The van der Waals surface area contributed by atoms with Crippen molar-refractivity contribution in [1.29, 1.82) is 0 Å². The molecule has 22 heavy (non-hydrogen) atoms. The number of anilines is 1. The van der Waals surface area contributed by atoms with Gasteiger partial charge in [-0.2, -0.15) is 0 Å². The van der Waals surface area contributed by atoms with Gasteiger partial charge in [0.2, 0.25) is 5.91 Å². The van der Waals surface area contributed by atoms with E-state index >= 15 is 0 Å². The van der Waals surface area contributed by atoms with Gasteiger partial charge in [0.1, 0.15) is 12.4 Å². The zero-order valence-corrected chi connectivity index (χ0v) is 13.0. The van der Waals surface area contributed by atoms with Crippen LogP contribution in [-0.4, -0.2) is 44.7 Å². The predicted molar refractivity (Wildman–Crippen MR) is 85.5 cm³/mol. The molecule has 0 saturated carbocycles. The van der Waals surface area contributed by atoms with Gasteiger partial charge in [-0.3, -0.25) is 4.79 Å². The van der Waals surface area contributed by atoms with E-state index in [0.717, 1.165) is 0 Å². The van der Waals surface area contributed by atoms with Crippen LogP contribution in [0, 0.1) is 5.82 Å². The van der Waals surface area contributed by atoms with E-state index in [-0.39, 0.29) is 18.3 Å². The quantitative estimate of drug-likeness (QED) is 0.385. The molecule has 0 unspecified atom stereocenters. The summed E-state index contributed by atoms with van der Waals surface area (Å²) < 4.78 is 18.0. The third-order valence-electron chi connectivity index (χ3n) is 2.60. The lowest BCUT2D eigenvalue weighted by molar-refractivity contribution is -0.114. The summed E-state index contributed by atoms with van der Waals surface area (Å²) in [7, 11) is 0. The Balaban J connectivity index is 2.43. The molecule has 0 aliphatic rings. The minimum Gasteiger partial charge on any atom is -0.380 e. The Bertz CT molecular complexity index is 477. The molecule has 0 aliphatic heterocycles. The lowest BCUT2D eigenvalue weighted by atomic mass is 10.3. The zero-order valence-electron chi connectivity index (χ0n) is 13.0. The zero-order chi connectivity index (χ0) is 16.2. The normalized spacial score (nSPS) is 11.1. The van der Waals surface area contributed by atoms with Crippen LogP contribution in [0.15, 0.2) is 29.3 Å². The molecular weight excluding hydrogens is 287 g/mol. The Hall–Kier alpha value is -2.15. The first-order valence-electron chi connectivity index (χ1n) is 7.31. The van der Waals surface area contributed by atoms with Crippen LogP contribution in [0.2, 0.25) is 0 Å². The molecule has 1 aromatic rings. The van der Waals surface area contributed by atoms with E-state index in [1.807, 2.05) is 13.8 Å². The highest BCUT2D eigenvalue weighted by molar-refractivity contribution is 5.94. The predicted octanol–water partition coefficient (Wildman–Crippen LogP) is 1.36. The minimum atomic E-state index is -0.344. The van der Waals surface area contributed by atoms with Gasteiger partial charge in [-0.25, -0.2) is 9.38 Å². The topological polar surface area (TPSA) is 74.8 Å². The minimum absolute atomic E-state index is 0.0264. The van der Waals surface area contributed by atoms with E-state index < -0.39 is 0 Å². The molecule has 0 saturated heterocycles. The SMILES string of the molecule is CCNC(=NCC(=O)Nc1ccc(F)cc1)NCCOCC. The monoisotopic (exact) mass is 310 g/mol. The lowest BCUT2D eigenvalue weighted by Crippen LogP contribution is -2.39. The van der Waals surface area contributed by atoms with Gasteiger partial charge in [0.15, 0.2) is 5.96 Å². The summed E-state index contributed by atoms with van der Waals surface area (Å²) in [5.41, 5.74) is 0.538. The smallest absolute Gasteiger partial charge is 0.246 e. The third-order valence-corrected chi connectivity index (χ3v) is 2.60. The number of nitrogens with one attached hydrogen (secondary N) is 3. The van der Waals surface area contributed by atoms with Crippen LogP contribution >= 0.6 is 0 Å². The highest BCUT2D eigenvalue weighted by atomic mass is 19.1. The second-order valence-corrected chi connectivity index (χ2v) is 4.37. The van der Waals surface area contributed by atoms with Crippen molar-refractivity contribution in [1.82, 2.24) is 10.6 Å². The van der Waals surface area contributed by atoms with Crippen LogP contribution in [-0.2, 0) is 9.53 Å². The van der Waals surface area contributed by atoms with Crippen molar-refractivity contribution in [3.63, 3.8) is 0 Å². The average Bonchev–Trinajstić information content (AvgIpc) is 2.51. The van der Waals surface area contributed by atoms with Gasteiger partial charge in [-0.15, -0.1) is 0 Å². The second kappa shape index (κ2) is 10.6. The molecule has 6 nitrogen and oxygen atoms in total. The summed E-state index contributed by atoms with van der Waals surface area (Å²) in [6, 6.07) is 5.58. The fourth-order valence-electron chi connectivity index (χ4n) is 1.61. The van der Waals surface area contributed by atoms with Crippen molar-refractivity contribution in [2.24, 2.45) is 4.99 Å². The number of rotatable bonds is 8. The van der Waals surface area contributed by atoms with Crippen LogP contribution in [0.5, 0.6) is 0 Å². The van der Waals surface area contributed by atoms with Gasteiger partial charge < -0.3 is 20.7 Å². The summed E-state index contributed by atoms with van der Waals surface area (Å²) in [6.45, 7) is 6.39. The van der Waals surface area contributed by atoms with Crippen LogP contribution in [0.3, 0.4) is 0 Å². The Kier molecular flexibility index (Phi) is 8.59. The van der Waals surface area contributed by atoms with Crippen LogP contribution in [0.4, 0.5) is 10.1 Å². The molecule has 1 rings (SSSR count). The molecule has 0 fully saturated rings. The number of ether oxygens (including phenoxy) is 1. The van der Waals surface area contributed by atoms with E-state index in [9.17, 15) is 9.18 Å². The van der Waals surface area contributed by atoms with Crippen molar-refractivity contribution in [3.05, 3.63) is 30.1 Å². The van der Waals surface area contributed by atoms with Gasteiger partial charge in [0, 0.05) is 25.4 Å².